The Morgan fingerprint density at radius 2 is 1.66 bits per heavy atom. The molecular weight excluding hydrogens is 492 g/mol. The van der Waals surface area contributed by atoms with E-state index in [-0.39, 0.29) is 6.04 Å². The Kier molecular flexibility index (Phi) is 6.52. The van der Waals surface area contributed by atoms with Crippen LogP contribution in [0.3, 0.4) is 0 Å². The molecule has 0 radical (unpaired) electrons. The Morgan fingerprint density at radius 1 is 0.868 bits per heavy atom. The van der Waals surface area contributed by atoms with E-state index in [1.807, 2.05) is 60.5 Å². The maximum absolute atomic E-state index is 6.39. The number of rotatable bonds is 6. The maximum Gasteiger partial charge on any atom is 0.247 e. The zero-order valence-electron chi connectivity index (χ0n) is 21.3. The van der Waals surface area contributed by atoms with Crippen molar-refractivity contribution in [3.63, 3.8) is 0 Å². The van der Waals surface area contributed by atoms with Gasteiger partial charge in [0.1, 0.15) is 5.75 Å². The van der Waals surface area contributed by atoms with Gasteiger partial charge >= 0.3 is 0 Å². The van der Waals surface area contributed by atoms with Gasteiger partial charge in [0.05, 0.1) is 29.6 Å². The van der Waals surface area contributed by atoms with Crippen LogP contribution in [0.2, 0.25) is 5.02 Å². The van der Waals surface area contributed by atoms with Crippen LogP contribution in [0.5, 0.6) is 5.75 Å². The van der Waals surface area contributed by atoms with Crippen molar-refractivity contribution in [1.82, 2.24) is 9.97 Å². The van der Waals surface area contributed by atoms with Gasteiger partial charge in [-0.2, -0.15) is 5.10 Å². The van der Waals surface area contributed by atoms with Gasteiger partial charge in [-0.15, -0.1) is 0 Å². The summed E-state index contributed by atoms with van der Waals surface area (Å²) in [6.07, 6.45) is 0.736. The smallest absolute Gasteiger partial charge is 0.247 e. The molecule has 1 atom stereocenters. The Labute approximate surface area is 227 Å². The summed E-state index contributed by atoms with van der Waals surface area (Å²) in [5.74, 6) is 1.41. The Hall–Kier alpha value is -4.22. The molecule has 4 aromatic carbocycles. The number of ether oxygens (including phenoxy) is 1. The summed E-state index contributed by atoms with van der Waals surface area (Å²) in [5, 5.41) is 8.64. The van der Waals surface area contributed by atoms with Crippen molar-refractivity contribution in [2.24, 2.45) is 5.10 Å². The fraction of sp³-hybridized carbons (Fsp3) is 0.156. The van der Waals surface area contributed by atoms with Crippen LogP contribution >= 0.6 is 11.6 Å². The monoisotopic (exact) mass is 518 g/mol. The van der Waals surface area contributed by atoms with E-state index >= 15 is 0 Å². The maximum atomic E-state index is 6.39. The fourth-order valence-corrected chi connectivity index (χ4v) is 5.09. The van der Waals surface area contributed by atoms with Crippen molar-refractivity contribution in [2.75, 3.05) is 11.6 Å². The highest BCUT2D eigenvalue weighted by Crippen LogP contribution is 2.38. The van der Waals surface area contributed by atoms with Gasteiger partial charge in [-0.05, 0) is 55.3 Å². The number of anilines is 1. The van der Waals surface area contributed by atoms with Crippen molar-refractivity contribution in [1.29, 1.82) is 0 Å². The van der Waals surface area contributed by atoms with Gasteiger partial charge in [-0.25, -0.2) is 15.0 Å². The summed E-state index contributed by atoms with van der Waals surface area (Å²) in [4.78, 5) is 10.1. The average Bonchev–Trinajstić information content (AvgIpc) is 3.39. The molecule has 0 N–H and O–H groups in total. The van der Waals surface area contributed by atoms with Crippen LogP contribution in [0.25, 0.3) is 22.2 Å². The molecule has 1 aromatic heterocycles. The topological polar surface area (TPSA) is 50.6 Å². The normalized spacial score (nSPS) is 15.1. The van der Waals surface area contributed by atoms with E-state index in [4.69, 9.17) is 31.4 Å². The van der Waals surface area contributed by atoms with Crippen LogP contribution in [0.15, 0.2) is 102 Å². The lowest BCUT2D eigenvalue weighted by atomic mass is 9.97. The fourth-order valence-electron chi connectivity index (χ4n) is 4.91. The number of aromatic nitrogens is 2. The molecule has 5 aromatic rings. The summed E-state index contributed by atoms with van der Waals surface area (Å²) in [7, 11) is 0. The predicted molar refractivity (Wildman–Crippen MR) is 155 cm³/mol. The minimum Gasteiger partial charge on any atom is -0.494 e. The molecule has 0 aliphatic carbocycles. The van der Waals surface area contributed by atoms with E-state index in [0.29, 0.717) is 17.6 Å². The molecule has 0 bridgehead atoms. The molecule has 1 aliphatic heterocycles. The molecule has 188 valence electrons. The number of fused-ring (bicyclic) bond motifs is 1. The van der Waals surface area contributed by atoms with Crippen LogP contribution in [0.1, 0.15) is 36.1 Å². The first kappa shape index (κ1) is 24.1. The molecule has 2 heterocycles. The molecule has 0 saturated carbocycles. The largest absolute Gasteiger partial charge is 0.494 e. The van der Waals surface area contributed by atoms with Crippen LogP contribution in [-0.2, 0) is 0 Å². The van der Waals surface area contributed by atoms with E-state index in [9.17, 15) is 0 Å². The lowest BCUT2D eigenvalue weighted by Gasteiger charge is -2.23. The Balaban J connectivity index is 1.51. The number of aryl methyl sites for hydroxylation is 1. The standard InChI is InChI=1S/C32H27ClN4O/c1-3-38-26-15-12-22(13-16-26)30-20-29(24-11-7-8-21(2)18-24)36-37(30)32-34-28-17-14-25(33)19-27(28)31(35-32)23-9-5-4-6-10-23/h4-19,30H,3,20H2,1-2H3. The highest BCUT2D eigenvalue weighted by molar-refractivity contribution is 6.31. The molecule has 0 amide bonds. The molecule has 1 aliphatic rings. The van der Waals surface area contributed by atoms with Crippen molar-refractivity contribution >= 4 is 34.2 Å². The first-order valence-electron chi connectivity index (χ1n) is 12.8. The third-order valence-electron chi connectivity index (χ3n) is 6.74. The average molecular weight is 519 g/mol. The second-order valence-corrected chi connectivity index (χ2v) is 9.82. The van der Waals surface area contributed by atoms with Crippen molar-refractivity contribution in [3.05, 3.63) is 119 Å². The van der Waals surface area contributed by atoms with E-state index in [2.05, 4.69) is 55.5 Å². The molecule has 1 unspecified atom stereocenters. The first-order valence-corrected chi connectivity index (χ1v) is 13.2. The molecule has 0 fully saturated rings. The van der Waals surface area contributed by atoms with E-state index in [1.165, 1.54) is 5.56 Å². The van der Waals surface area contributed by atoms with Gasteiger partial charge < -0.3 is 4.74 Å². The van der Waals surface area contributed by atoms with Crippen LogP contribution in [-0.4, -0.2) is 22.3 Å². The summed E-state index contributed by atoms with van der Waals surface area (Å²) in [5.41, 5.74) is 7.10. The molecule has 6 rings (SSSR count). The van der Waals surface area contributed by atoms with Gasteiger partial charge in [-0.3, -0.25) is 0 Å². The SMILES string of the molecule is CCOc1ccc(C2CC(c3cccc(C)c3)=NN2c2nc(-c3ccccc3)c3cc(Cl)ccc3n2)cc1. The second kappa shape index (κ2) is 10.3. The molecule has 5 nitrogen and oxygen atoms in total. The van der Waals surface area contributed by atoms with E-state index in [0.717, 1.165) is 51.2 Å². The van der Waals surface area contributed by atoms with Gasteiger partial charge in [0, 0.05) is 22.4 Å². The van der Waals surface area contributed by atoms with Crippen molar-refractivity contribution < 1.29 is 4.74 Å². The lowest BCUT2D eigenvalue weighted by molar-refractivity contribution is 0.340. The Morgan fingerprint density at radius 3 is 2.42 bits per heavy atom. The van der Waals surface area contributed by atoms with Crippen LogP contribution in [0, 0.1) is 6.92 Å². The third kappa shape index (κ3) is 4.73. The highest BCUT2D eigenvalue weighted by Gasteiger charge is 2.32. The summed E-state index contributed by atoms with van der Waals surface area (Å²) < 4.78 is 5.68. The second-order valence-electron chi connectivity index (χ2n) is 9.38. The lowest BCUT2D eigenvalue weighted by Crippen LogP contribution is -2.21. The number of hydrazone groups is 1. The van der Waals surface area contributed by atoms with Crippen LogP contribution < -0.4 is 9.75 Å². The molecular formula is C32H27ClN4O. The third-order valence-corrected chi connectivity index (χ3v) is 6.97. The number of hydrogen-bond acceptors (Lipinski definition) is 5. The molecule has 0 saturated heterocycles. The van der Waals surface area contributed by atoms with Crippen molar-refractivity contribution in [2.45, 2.75) is 26.3 Å². The van der Waals surface area contributed by atoms with Gasteiger partial charge in [0.25, 0.3) is 0 Å². The minimum atomic E-state index is -0.0606. The van der Waals surface area contributed by atoms with Crippen LogP contribution in [0.4, 0.5) is 5.95 Å². The van der Waals surface area contributed by atoms with E-state index in [1.54, 1.807) is 0 Å². The molecule has 0 spiro atoms. The predicted octanol–water partition coefficient (Wildman–Crippen LogP) is 8.01. The van der Waals surface area contributed by atoms with Gasteiger partial charge in [0.2, 0.25) is 5.95 Å². The quantitative estimate of drug-likeness (QED) is 0.228. The molecule has 38 heavy (non-hydrogen) atoms. The number of nitrogens with zero attached hydrogens (tertiary/aromatic N) is 4. The first-order chi connectivity index (χ1) is 18.6. The number of halogens is 1. The van der Waals surface area contributed by atoms with E-state index < -0.39 is 0 Å². The molecule has 6 heteroatoms. The zero-order chi connectivity index (χ0) is 26.1. The highest BCUT2D eigenvalue weighted by atomic mass is 35.5. The van der Waals surface area contributed by atoms with Gasteiger partial charge in [0.15, 0.2) is 0 Å². The summed E-state index contributed by atoms with van der Waals surface area (Å²) in [6.45, 7) is 4.72. The summed E-state index contributed by atoms with van der Waals surface area (Å²) in [6, 6.07) is 32.5. The number of hydrogen-bond donors (Lipinski definition) is 0. The minimum absolute atomic E-state index is 0.0606. The number of benzene rings is 4. The van der Waals surface area contributed by atoms with Gasteiger partial charge in [-0.1, -0.05) is 83.9 Å². The Bertz CT molecular complexity index is 1630. The summed E-state index contributed by atoms with van der Waals surface area (Å²) >= 11 is 6.39. The zero-order valence-corrected chi connectivity index (χ0v) is 22.1. The van der Waals surface area contributed by atoms with Crippen molar-refractivity contribution in [3.8, 4) is 17.0 Å².